The van der Waals surface area contributed by atoms with Gasteiger partial charge in [-0.05, 0) is 50.1 Å². The Hall–Kier alpha value is -1.26. The molecule has 2 N–H and O–H groups in total. The fourth-order valence-corrected chi connectivity index (χ4v) is 2.52. The number of ether oxygens (including phenoxy) is 2. The van der Waals surface area contributed by atoms with Crippen LogP contribution in [-0.4, -0.2) is 38.5 Å². The van der Waals surface area contributed by atoms with Crippen LogP contribution in [0, 0.1) is 5.41 Å². The lowest BCUT2D eigenvalue weighted by molar-refractivity contribution is 0.0701. The van der Waals surface area contributed by atoms with E-state index in [4.69, 9.17) is 9.47 Å². The van der Waals surface area contributed by atoms with Gasteiger partial charge in [0.25, 0.3) is 0 Å². The molecule has 0 aliphatic carbocycles. The van der Waals surface area contributed by atoms with Crippen molar-refractivity contribution in [2.24, 2.45) is 5.41 Å². The van der Waals surface area contributed by atoms with Crippen molar-refractivity contribution in [3.8, 4) is 11.5 Å². The highest BCUT2D eigenvalue weighted by atomic mass is 16.5. The minimum Gasteiger partial charge on any atom is -0.497 e. The molecule has 1 fully saturated rings. The van der Waals surface area contributed by atoms with Crippen molar-refractivity contribution in [3.63, 3.8) is 0 Å². The molecule has 2 rings (SSSR count). The molecule has 19 heavy (non-hydrogen) atoms. The molecule has 1 aliphatic rings. The van der Waals surface area contributed by atoms with Gasteiger partial charge in [-0.25, -0.2) is 0 Å². The maximum atomic E-state index is 9.59. The molecule has 1 aromatic carbocycles. The SMILES string of the molecule is COc1ccc(OCCC2(CO)CCCNC2)cc1. The topological polar surface area (TPSA) is 50.7 Å². The summed E-state index contributed by atoms with van der Waals surface area (Å²) >= 11 is 0. The van der Waals surface area contributed by atoms with Crippen molar-refractivity contribution in [2.45, 2.75) is 19.3 Å². The molecule has 1 heterocycles. The molecule has 106 valence electrons. The predicted octanol–water partition coefficient (Wildman–Crippen LogP) is 1.83. The standard InChI is InChI=1S/C15H23NO3/c1-18-13-3-5-14(6-4-13)19-10-8-15(12-17)7-2-9-16-11-15/h3-6,16-17H,2,7-12H2,1H3. The quantitative estimate of drug-likeness (QED) is 0.824. The third-order valence-corrected chi connectivity index (χ3v) is 3.86. The summed E-state index contributed by atoms with van der Waals surface area (Å²) in [6.07, 6.45) is 3.08. The van der Waals surface area contributed by atoms with Gasteiger partial charge < -0.3 is 19.9 Å². The van der Waals surface area contributed by atoms with E-state index < -0.39 is 0 Å². The van der Waals surface area contributed by atoms with E-state index in [2.05, 4.69) is 5.32 Å². The molecule has 1 saturated heterocycles. The van der Waals surface area contributed by atoms with Gasteiger partial charge in [-0.3, -0.25) is 0 Å². The Morgan fingerprint density at radius 1 is 1.26 bits per heavy atom. The molecule has 0 bridgehead atoms. The van der Waals surface area contributed by atoms with Crippen molar-refractivity contribution in [1.29, 1.82) is 0 Å². The van der Waals surface area contributed by atoms with E-state index in [1.54, 1.807) is 7.11 Å². The molecule has 1 atom stereocenters. The normalized spacial score (nSPS) is 23.1. The number of aliphatic hydroxyl groups excluding tert-OH is 1. The van der Waals surface area contributed by atoms with Gasteiger partial charge in [-0.1, -0.05) is 0 Å². The van der Waals surface area contributed by atoms with Crippen LogP contribution in [0.2, 0.25) is 0 Å². The second-order valence-corrected chi connectivity index (χ2v) is 5.21. The van der Waals surface area contributed by atoms with E-state index in [-0.39, 0.29) is 12.0 Å². The molecule has 4 nitrogen and oxygen atoms in total. The minimum absolute atomic E-state index is 0.00921. The predicted molar refractivity (Wildman–Crippen MR) is 74.7 cm³/mol. The third-order valence-electron chi connectivity index (χ3n) is 3.86. The molecule has 0 aromatic heterocycles. The van der Waals surface area contributed by atoms with Crippen LogP contribution in [0.25, 0.3) is 0 Å². The number of nitrogens with one attached hydrogen (secondary N) is 1. The number of aliphatic hydroxyl groups is 1. The molecular formula is C15H23NO3. The van der Waals surface area contributed by atoms with E-state index in [0.717, 1.165) is 43.9 Å². The first-order chi connectivity index (χ1) is 9.28. The molecule has 0 spiro atoms. The van der Waals surface area contributed by atoms with E-state index in [1.807, 2.05) is 24.3 Å². The molecule has 0 saturated carbocycles. The minimum atomic E-state index is -0.00921. The summed E-state index contributed by atoms with van der Waals surface area (Å²) in [4.78, 5) is 0. The summed E-state index contributed by atoms with van der Waals surface area (Å²) in [7, 11) is 1.65. The molecule has 0 amide bonds. The van der Waals surface area contributed by atoms with E-state index in [1.165, 1.54) is 0 Å². The largest absolute Gasteiger partial charge is 0.497 e. The van der Waals surface area contributed by atoms with Gasteiger partial charge in [-0.15, -0.1) is 0 Å². The van der Waals surface area contributed by atoms with Gasteiger partial charge in [0.05, 0.1) is 20.3 Å². The fraction of sp³-hybridized carbons (Fsp3) is 0.600. The lowest BCUT2D eigenvalue weighted by atomic mass is 9.79. The second kappa shape index (κ2) is 6.78. The van der Waals surface area contributed by atoms with E-state index >= 15 is 0 Å². The van der Waals surface area contributed by atoms with E-state index in [0.29, 0.717) is 6.61 Å². The lowest BCUT2D eigenvalue weighted by Gasteiger charge is -2.36. The van der Waals surface area contributed by atoms with Crippen LogP contribution in [0.3, 0.4) is 0 Å². The van der Waals surface area contributed by atoms with Gasteiger partial charge in [0.1, 0.15) is 11.5 Å². The first kappa shape index (κ1) is 14.2. The zero-order valence-corrected chi connectivity index (χ0v) is 11.5. The summed E-state index contributed by atoms with van der Waals surface area (Å²) in [6.45, 7) is 2.80. The number of hydrogen-bond acceptors (Lipinski definition) is 4. The van der Waals surface area contributed by atoms with Gasteiger partial charge in [0, 0.05) is 12.0 Å². The highest BCUT2D eigenvalue weighted by Gasteiger charge is 2.31. The summed E-state index contributed by atoms with van der Waals surface area (Å²) in [6, 6.07) is 7.59. The molecule has 1 aliphatic heterocycles. The van der Waals surface area contributed by atoms with Crippen LogP contribution in [0.15, 0.2) is 24.3 Å². The summed E-state index contributed by atoms with van der Waals surface area (Å²) in [5.74, 6) is 1.67. The summed E-state index contributed by atoms with van der Waals surface area (Å²) in [5.41, 5.74) is -0.00921. The Morgan fingerprint density at radius 2 is 2.00 bits per heavy atom. The highest BCUT2D eigenvalue weighted by molar-refractivity contribution is 5.31. The van der Waals surface area contributed by atoms with Gasteiger partial charge in [-0.2, -0.15) is 0 Å². The second-order valence-electron chi connectivity index (χ2n) is 5.21. The third kappa shape index (κ3) is 3.85. The van der Waals surface area contributed by atoms with Crippen molar-refractivity contribution >= 4 is 0 Å². The van der Waals surface area contributed by atoms with Crippen molar-refractivity contribution in [3.05, 3.63) is 24.3 Å². The molecule has 4 heteroatoms. The van der Waals surface area contributed by atoms with Crippen LogP contribution in [-0.2, 0) is 0 Å². The number of rotatable bonds is 6. The average molecular weight is 265 g/mol. The number of benzene rings is 1. The van der Waals surface area contributed by atoms with Crippen molar-refractivity contribution < 1.29 is 14.6 Å². The Labute approximate surface area is 114 Å². The number of piperidine rings is 1. The zero-order chi connectivity index (χ0) is 13.6. The number of methoxy groups -OCH3 is 1. The molecular weight excluding hydrogens is 242 g/mol. The average Bonchev–Trinajstić information content (AvgIpc) is 2.49. The summed E-state index contributed by atoms with van der Waals surface area (Å²) < 4.78 is 10.8. The number of hydrogen-bond donors (Lipinski definition) is 2. The smallest absolute Gasteiger partial charge is 0.119 e. The highest BCUT2D eigenvalue weighted by Crippen LogP contribution is 2.29. The van der Waals surface area contributed by atoms with Crippen molar-refractivity contribution in [2.75, 3.05) is 33.4 Å². The maximum Gasteiger partial charge on any atom is 0.119 e. The Morgan fingerprint density at radius 3 is 2.58 bits per heavy atom. The van der Waals surface area contributed by atoms with E-state index in [9.17, 15) is 5.11 Å². The zero-order valence-electron chi connectivity index (χ0n) is 11.5. The van der Waals surface area contributed by atoms with Gasteiger partial charge in [0.15, 0.2) is 0 Å². The molecule has 1 unspecified atom stereocenters. The maximum absolute atomic E-state index is 9.59. The van der Waals surface area contributed by atoms with Gasteiger partial charge >= 0.3 is 0 Å². The Kier molecular flexibility index (Phi) is 5.05. The van der Waals surface area contributed by atoms with Crippen LogP contribution < -0.4 is 14.8 Å². The lowest BCUT2D eigenvalue weighted by Crippen LogP contribution is -2.43. The van der Waals surface area contributed by atoms with Crippen LogP contribution >= 0.6 is 0 Å². The monoisotopic (exact) mass is 265 g/mol. The van der Waals surface area contributed by atoms with Crippen LogP contribution in [0.4, 0.5) is 0 Å². The molecule has 1 aromatic rings. The fourth-order valence-electron chi connectivity index (χ4n) is 2.52. The first-order valence-electron chi connectivity index (χ1n) is 6.86. The summed E-state index contributed by atoms with van der Waals surface area (Å²) in [5, 5.41) is 13.0. The van der Waals surface area contributed by atoms with Crippen molar-refractivity contribution in [1.82, 2.24) is 5.32 Å². The van der Waals surface area contributed by atoms with Crippen LogP contribution in [0.5, 0.6) is 11.5 Å². The Balaban J connectivity index is 1.81. The molecule has 0 radical (unpaired) electrons. The van der Waals surface area contributed by atoms with Gasteiger partial charge in [0.2, 0.25) is 0 Å². The van der Waals surface area contributed by atoms with Crippen LogP contribution in [0.1, 0.15) is 19.3 Å². The Bertz CT molecular complexity index is 371. The first-order valence-corrected chi connectivity index (χ1v) is 6.86.